The highest BCUT2D eigenvalue weighted by Crippen LogP contribution is 2.35. The summed E-state index contributed by atoms with van der Waals surface area (Å²) in [6.07, 6.45) is 0.910. The summed E-state index contributed by atoms with van der Waals surface area (Å²) in [6.45, 7) is 1.55. The van der Waals surface area contributed by atoms with Crippen molar-refractivity contribution in [3.05, 3.63) is 76.7 Å². The third-order valence-corrected chi connectivity index (χ3v) is 6.84. The molecule has 0 aliphatic carbocycles. The highest BCUT2D eigenvalue weighted by atomic mass is 16.5. The molecule has 10 heteroatoms. The number of urea groups is 2. The molecule has 1 fully saturated rings. The van der Waals surface area contributed by atoms with Crippen LogP contribution in [0.15, 0.2) is 65.5 Å². The lowest BCUT2D eigenvalue weighted by Gasteiger charge is -2.42. The van der Waals surface area contributed by atoms with Crippen molar-refractivity contribution in [3.63, 3.8) is 0 Å². The first-order valence-corrected chi connectivity index (χ1v) is 12.1. The Morgan fingerprint density at radius 1 is 0.838 bits per heavy atom. The molecule has 2 aliphatic heterocycles. The first-order chi connectivity index (χ1) is 17.9. The van der Waals surface area contributed by atoms with Gasteiger partial charge in [-0.05, 0) is 60.9 Å². The fourth-order valence-corrected chi connectivity index (χ4v) is 5.11. The van der Waals surface area contributed by atoms with E-state index >= 15 is 0 Å². The molecule has 3 N–H and O–H groups in total. The second kappa shape index (κ2) is 10.3. The van der Waals surface area contributed by atoms with Crippen LogP contribution in [0.4, 0.5) is 26.7 Å². The Balaban J connectivity index is 1.27. The summed E-state index contributed by atoms with van der Waals surface area (Å²) in [6, 6.07) is 17.0. The summed E-state index contributed by atoms with van der Waals surface area (Å²) < 4.78 is 12.2. The number of likely N-dealkylation sites (tertiary alicyclic amines) is 1. The number of piperidine rings is 1. The molecule has 2 atom stereocenters. The van der Waals surface area contributed by atoms with Gasteiger partial charge >= 0.3 is 12.1 Å². The van der Waals surface area contributed by atoms with Gasteiger partial charge in [-0.15, -0.1) is 0 Å². The number of rotatable bonds is 5. The summed E-state index contributed by atoms with van der Waals surface area (Å²) in [4.78, 5) is 40.6. The second-order valence-corrected chi connectivity index (χ2v) is 9.23. The molecule has 2 unspecified atom stereocenters. The highest BCUT2D eigenvalue weighted by Gasteiger charge is 2.36. The summed E-state index contributed by atoms with van der Waals surface area (Å²) in [7, 11) is 3.12. The summed E-state index contributed by atoms with van der Waals surface area (Å²) >= 11 is 0. The van der Waals surface area contributed by atoms with Gasteiger partial charge in [-0.25, -0.2) is 9.59 Å². The molecule has 1 aromatic heterocycles. The summed E-state index contributed by atoms with van der Waals surface area (Å²) in [5.41, 5.74) is 2.02. The van der Waals surface area contributed by atoms with Crippen LogP contribution < -0.4 is 31.0 Å². The standard InChI is InChI=1S/C27H29N5O5/c1-36-20-9-7-19(8-10-20)28-27(35)31-14-17-13-18(16-31)23-12-11-22(25(33)32(23)15-17)30-26(34)29-21-5-3-4-6-24(21)37-2/h3-12,17-18H,13-16H2,1-2H3,(H,28,35)(H2,29,30,34). The fourth-order valence-electron chi connectivity index (χ4n) is 5.11. The van der Waals surface area contributed by atoms with Crippen LogP contribution in [0.25, 0.3) is 0 Å². The second-order valence-electron chi connectivity index (χ2n) is 9.23. The molecule has 192 valence electrons. The third kappa shape index (κ3) is 5.09. The lowest BCUT2D eigenvalue weighted by molar-refractivity contribution is 0.139. The maximum absolute atomic E-state index is 13.3. The van der Waals surface area contributed by atoms with Crippen LogP contribution in [0, 0.1) is 5.92 Å². The zero-order valence-electron chi connectivity index (χ0n) is 20.7. The van der Waals surface area contributed by atoms with Gasteiger partial charge in [-0.1, -0.05) is 12.1 Å². The van der Waals surface area contributed by atoms with Crippen molar-refractivity contribution in [1.29, 1.82) is 0 Å². The minimum Gasteiger partial charge on any atom is -0.497 e. The van der Waals surface area contributed by atoms with E-state index in [9.17, 15) is 14.4 Å². The lowest BCUT2D eigenvalue weighted by atomic mass is 9.83. The molecule has 0 radical (unpaired) electrons. The number of methoxy groups -OCH3 is 2. The first-order valence-electron chi connectivity index (χ1n) is 12.1. The average molecular weight is 504 g/mol. The predicted molar refractivity (Wildman–Crippen MR) is 141 cm³/mol. The number of hydrogen-bond acceptors (Lipinski definition) is 5. The van der Waals surface area contributed by atoms with E-state index < -0.39 is 6.03 Å². The van der Waals surface area contributed by atoms with Gasteiger partial charge in [0, 0.05) is 36.9 Å². The molecule has 0 spiro atoms. The van der Waals surface area contributed by atoms with Crippen LogP contribution in [0.5, 0.6) is 11.5 Å². The van der Waals surface area contributed by atoms with Crippen LogP contribution in [0.1, 0.15) is 18.0 Å². The molecular formula is C27H29N5O5. The van der Waals surface area contributed by atoms with Gasteiger partial charge in [0.25, 0.3) is 5.56 Å². The van der Waals surface area contributed by atoms with Crippen LogP contribution in [0.2, 0.25) is 0 Å². The van der Waals surface area contributed by atoms with E-state index in [0.29, 0.717) is 36.8 Å². The van der Waals surface area contributed by atoms with Crippen molar-refractivity contribution < 1.29 is 19.1 Å². The molecule has 2 aromatic carbocycles. The number of aromatic nitrogens is 1. The number of fused-ring (bicyclic) bond motifs is 4. The van der Waals surface area contributed by atoms with E-state index in [-0.39, 0.29) is 29.1 Å². The lowest BCUT2D eigenvalue weighted by Crippen LogP contribution is -2.50. The molecular weight excluding hydrogens is 474 g/mol. The zero-order chi connectivity index (χ0) is 25.9. The topological polar surface area (TPSA) is 114 Å². The van der Waals surface area contributed by atoms with Crippen molar-refractivity contribution in [1.82, 2.24) is 9.47 Å². The Labute approximate surface area is 214 Å². The largest absolute Gasteiger partial charge is 0.497 e. The van der Waals surface area contributed by atoms with Crippen molar-refractivity contribution in [3.8, 4) is 11.5 Å². The number of para-hydroxylation sites is 2. The molecule has 0 saturated carbocycles. The van der Waals surface area contributed by atoms with Crippen molar-refractivity contribution in [2.24, 2.45) is 5.92 Å². The summed E-state index contributed by atoms with van der Waals surface area (Å²) in [5.74, 6) is 1.42. The number of carbonyl (C=O) groups is 2. The van der Waals surface area contributed by atoms with Gasteiger partial charge in [0.2, 0.25) is 0 Å². The number of carbonyl (C=O) groups excluding carboxylic acids is 2. The SMILES string of the molecule is COc1ccc(NC(=O)N2CC3CC(C2)c2ccc(NC(=O)Nc4ccccc4OC)c(=O)n2C3)cc1. The normalized spacial score (nSPS) is 17.8. The molecule has 2 bridgehead atoms. The van der Waals surface area contributed by atoms with E-state index in [2.05, 4.69) is 16.0 Å². The van der Waals surface area contributed by atoms with Gasteiger partial charge in [-0.2, -0.15) is 0 Å². The monoisotopic (exact) mass is 503 g/mol. The van der Waals surface area contributed by atoms with E-state index in [4.69, 9.17) is 9.47 Å². The summed E-state index contributed by atoms with van der Waals surface area (Å²) in [5, 5.41) is 8.33. The van der Waals surface area contributed by atoms with Crippen molar-refractivity contribution in [2.45, 2.75) is 18.9 Å². The quantitative estimate of drug-likeness (QED) is 0.484. The predicted octanol–water partition coefficient (Wildman–Crippen LogP) is 4.16. The Kier molecular flexibility index (Phi) is 6.72. The maximum Gasteiger partial charge on any atom is 0.323 e. The zero-order valence-corrected chi connectivity index (χ0v) is 20.7. The Hall–Kier alpha value is -4.47. The fraction of sp³-hybridized carbons (Fsp3) is 0.296. The molecule has 3 heterocycles. The van der Waals surface area contributed by atoms with Gasteiger partial charge in [-0.3, -0.25) is 4.79 Å². The maximum atomic E-state index is 13.3. The Morgan fingerprint density at radius 2 is 1.59 bits per heavy atom. The number of anilines is 3. The minimum atomic E-state index is -0.528. The van der Waals surface area contributed by atoms with Crippen LogP contribution in [-0.2, 0) is 6.54 Å². The van der Waals surface area contributed by atoms with Crippen LogP contribution >= 0.6 is 0 Å². The smallest absolute Gasteiger partial charge is 0.323 e. The number of hydrogen-bond donors (Lipinski definition) is 3. The molecule has 5 rings (SSSR count). The molecule has 10 nitrogen and oxygen atoms in total. The van der Waals surface area contributed by atoms with Gasteiger partial charge in [0.1, 0.15) is 17.2 Å². The van der Waals surface area contributed by atoms with E-state index in [1.165, 1.54) is 7.11 Å². The Morgan fingerprint density at radius 3 is 2.35 bits per heavy atom. The highest BCUT2D eigenvalue weighted by molar-refractivity contribution is 6.00. The number of benzene rings is 2. The van der Waals surface area contributed by atoms with Gasteiger partial charge < -0.3 is 34.9 Å². The van der Waals surface area contributed by atoms with Crippen LogP contribution in [-0.4, -0.2) is 48.8 Å². The number of nitrogens with one attached hydrogen (secondary N) is 3. The number of pyridine rings is 1. The van der Waals surface area contributed by atoms with Gasteiger partial charge in [0.15, 0.2) is 0 Å². The molecule has 3 aromatic rings. The van der Waals surface area contributed by atoms with Gasteiger partial charge in [0.05, 0.1) is 19.9 Å². The third-order valence-electron chi connectivity index (χ3n) is 6.84. The number of ether oxygens (including phenoxy) is 2. The number of nitrogens with zero attached hydrogens (tertiary/aromatic N) is 2. The van der Waals surface area contributed by atoms with E-state index in [1.807, 2.05) is 11.0 Å². The Bertz CT molecular complexity index is 1370. The molecule has 2 aliphatic rings. The van der Waals surface area contributed by atoms with Crippen molar-refractivity contribution >= 4 is 29.1 Å². The van der Waals surface area contributed by atoms with Crippen LogP contribution in [0.3, 0.4) is 0 Å². The number of amides is 4. The molecule has 1 saturated heterocycles. The molecule has 37 heavy (non-hydrogen) atoms. The van der Waals surface area contributed by atoms with E-state index in [1.54, 1.807) is 66.3 Å². The minimum absolute atomic E-state index is 0.0401. The first kappa shape index (κ1) is 24.2. The van der Waals surface area contributed by atoms with E-state index in [0.717, 1.165) is 17.9 Å². The average Bonchev–Trinajstić information content (AvgIpc) is 2.91. The van der Waals surface area contributed by atoms with Crippen molar-refractivity contribution in [2.75, 3.05) is 43.3 Å². The molecule has 4 amide bonds.